The molecule has 2 aliphatic carbocycles. The van der Waals surface area contributed by atoms with Gasteiger partial charge in [0.25, 0.3) is 0 Å². The molecule has 19 heavy (non-hydrogen) atoms. The number of hydrogen-bond acceptors (Lipinski definition) is 3. The minimum atomic E-state index is -0.234. The van der Waals surface area contributed by atoms with E-state index in [0.29, 0.717) is 12.0 Å². The first-order chi connectivity index (χ1) is 9.31. The Balaban J connectivity index is 1.45. The SMILES string of the molecule is O=C(NC1CCCC1)OC1CCC(c2ccn[nH]2)C1. The maximum absolute atomic E-state index is 11.8. The summed E-state index contributed by atoms with van der Waals surface area (Å²) in [4.78, 5) is 11.8. The van der Waals surface area contributed by atoms with E-state index < -0.39 is 0 Å². The average Bonchev–Trinajstić information content (AvgIpc) is 3.09. The summed E-state index contributed by atoms with van der Waals surface area (Å²) in [6.45, 7) is 0. The summed E-state index contributed by atoms with van der Waals surface area (Å²) in [5.74, 6) is 0.451. The molecule has 5 heteroatoms. The van der Waals surface area contributed by atoms with Crippen molar-refractivity contribution in [3.8, 4) is 0 Å². The molecule has 1 aromatic heterocycles. The molecule has 104 valence electrons. The van der Waals surface area contributed by atoms with Gasteiger partial charge in [0.15, 0.2) is 0 Å². The van der Waals surface area contributed by atoms with E-state index in [1.807, 2.05) is 6.07 Å². The van der Waals surface area contributed by atoms with Gasteiger partial charge in [0.2, 0.25) is 0 Å². The van der Waals surface area contributed by atoms with Crippen LogP contribution in [-0.2, 0) is 4.74 Å². The molecule has 2 atom stereocenters. The summed E-state index contributed by atoms with van der Waals surface area (Å²) in [5.41, 5.74) is 1.15. The molecule has 0 aliphatic heterocycles. The van der Waals surface area contributed by atoms with Crippen molar-refractivity contribution < 1.29 is 9.53 Å². The number of nitrogens with zero attached hydrogens (tertiary/aromatic N) is 1. The third-order valence-electron chi connectivity index (χ3n) is 4.30. The lowest BCUT2D eigenvalue weighted by molar-refractivity contribution is 0.0971. The number of ether oxygens (including phenoxy) is 1. The van der Waals surface area contributed by atoms with Crippen LogP contribution in [0, 0.1) is 0 Å². The van der Waals surface area contributed by atoms with Crippen LogP contribution >= 0.6 is 0 Å². The van der Waals surface area contributed by atoms with Crippen LogP contribution in [0.25, 0.3) is 0 Å². The molecule has 2 N–H and O–H groups in total. The van der Waals surface area contributed by atoms with Gasteiger partial charge >= 0.3 is 6.09 Å². The van der Waals surface area contributed by atoms with Crippen molar-refractivity contribution in [3.05, 3.63) is 18.0 Å². The molecule has 1 amide bonds. The zero-order valence-electron chi connectivity index (χ0n) is 11.1. The lowest BCUT2D eigenvalue weighted by Gasteiger charge is -2.16. The number of carbonyl (C=O) groups excluding carboxylic acids is 1. The van der Waals surface area contributed by atoms with Gasteiger partial charge in [-0.1, -0.05) is 12.8 Å². The van der Waals surface area contributed by atoms with Gasteiger partial charge in [0, 0.05) is 23.9 Å². The molecule has 3 rings (SSSR count). The molecular formula is C14H21N3O2. The van der Waals surface area contributed by atoms with Gasteiger partial charge in [-0.05, 0) is 38.2 Å². The van der Waals surface area contributed by atoms with Crippen LogP contribution in [0.5, 0.6) is 0 Å². The zero-order chi connectivity index (χ0) is 13.1. The van der Waals surface area contributed by atoms with E-state index in [0.717, 1.165) is 37.8 Å². The second-order valence-corrected chi connectivity index (χ2v) is 5.67. The quantitative estimate of drug-likeness (QED) is 0.881. The minimum absolute atomic E-state index is 0.0507. The maximum Gasteiger partial charge on any atom is 0.407 e. The van der Waals surface area contributed by atoms with Crippen molar-refractivity contribution in [2.75, 3.05) is 0 Å². The number of aromatic nitrogens is 2. The van der Waals surface area contributed by atoms with Crippen molar-refractivity contribution in [1.82, 2.24) is 15.5 Å². The van der Waals surface area contributed by atoms with Crippen LogP contribution in [0.2, 0.25) is 0 Å². The van der Waals surface area contributed by atoms with Gasteiger partial charge in [0.1, 0.15) is 6.10 Å². The smallest absolute Gasteiger partial charge is 0.407 e. The Kier molecular flexibility index (Phi) is 3.71. The van der Waals surface area contributed by atoms with Crippen molar-refractivity contribution in [2.45, 2.75) is 63.0 Å². The van der Waals surface area contributed by atoms with E-state index in [1.54, 1.807) is 6.20 Å². The number of alkyl carbamates (subject to hydrolysis) is 1. The topological polar surface area (TPSA) is 67.0 Å². The Morgan fingerprint density at radius 3 is 2.89 bits per heavy atom. The molecular weight excluding hydrogens is 242 g/mol. The fraction of sp³-hybridized carbons (Fsp3) is 0.714. The molecule has 0 saturated heterocycles. The molecule has 0 spiro atoms. The standard InChI is InChI=1S/C14H21N3O2/c18-14(16-11-3-1-2-4-11)19-12-6-5-10(9-12)13-7-8-15-17-13/h7-8,10-12H,1-6,9H2,(H,15,17)(H,16,18). The summed E-state index contributed by atoms with van der Waals surface area (Å²) >= 11 is 0. The Morgan fingerprint density at radius 1 is 1.32 bits per heavy atom. The van der Waals surface area contributed by atoms with Crippen molar-refractivity contribution in [1.29, 1.82) is 0 Å². The molecule has 1 aromatic rings. The van der Waals surface area contributed by atoms with Crippen LogP contribution in [0.1, 0.15) is 56.6 Å². The number of rotatable bonds is 3. The minimum Gasteiger partial charge on any atom is -0.446 e. The Labute approximate surface area is 113 Å². The molecule has 2 saturated carbocycles. The third-order valence-corrected chi connectivity index (χ3v) is 4.30. The molecule has 2 fully saturated rings. The number of H-pyrrole nitrogens is 1. The van der Waals surface area contributed by atoms with E-state index in [-0.39, 0.29) is 12.2 Å². The second-order valence-electron chi connectivity index (χ2n) is 5.67. The first-order valence-electron chi connectivity index (χ1n) is 7.27. The molecule has 2 aliphatic rings. The summed E-state index contributed by atoms with van der Waals surface area (Å²) in [6, 6.07) is 2.34. The van der Waals surface area contributed by atoms with Gasteiger partial charge < -0.3 is 10.1 Å². The van der Waals surface area contributed by atoms with E-state index >= 15 is 0 Å². The third kappa shape index (κ3) is 3.08. The van der Waals surface area contributed by atoms with Gasteiger partial charge in [-0.25, -0.2) is 4.79 Å². The average molecular weight is 263 g/mol. The second kappa shape index (κ2) is 5.63. The van der Waals surface area contributed by atoms with Crippen molar-refractivity contribution in [2.24, 2.45) is 0 Å². The molecule has 0 radical (unpaired) electrons. The largest absolute Gasteiger partial charge is 0.446 e. The highest BCUT2D eigenvalue weighted by molar-refractivity contribution is 5.67. The van der Waals surface area contributed by atoms with E-state index in [1.165, 1.54) is 12.8 Å². The van der Waals surface area contributed by atoms with Crippen molar-refractivity contribution >= 4 is 6.09 Å². The van der Waals surface area contributed by atoms with Crippen LogP contribution in [0.4, 0.5) is 4.79 Å². The first kappa shape index (κ1) is 12.5. The first-order valence-corrected chi connectivity index (χ1v) is 7.27. The maximum atomic E-state index is 11.8. The fourth-order valence-electron chi connectivity index (χ4n) is 3.25. The monoisotopic (exact) mass is 263 g/mol. The highest BCUT2D eigenvalue weighted by Gasteiger charge is 2.30. The number of hydrogen-bond donors (Lipinski definition) is 2. The predicted octanol–water partition coefficient (Wildman–Crippen LogP) is 2.71. The summed E-state index contributed by atoms with van der Waals surface area (Å²) in [5, 5.41) is 9.96. The number of amides is 1. The van der Waals surface area contributed by atoms with Gasteiger partial charge in [-0.2, -0.15) is 5.10 Å². The van der Waals surface area contributed by atoms with E-state index in [2.05, 4.69) is 15.5 Å². The summed E-state index contributed by atoms with van der Waals surface area (Å²) in [6.07, 6.45) is 9.12. The van der Waals surface area contributed by atoms with Crippen LogP contribution < -0.4 is 5.32 Å². The summed E-state index contributed by atoms with van der Waals surface area (Å²) < 4.78 is 5.52. The van der Waals surface area contributed by atoms with E-state index in [9.17, 15) is 4.79 Å². The van der Waals surface area contributed by atoms with Gasteiger partial charge in [-0.3, -0.25) is 5.10 Å². The molecule has 5 nitrogen and oxygen atoms in total. The Bertz CT molecular complexity index is 412. The Morgan fingerprint density at radius 2 is 2.16 bits per heavy atom. The zero-order valence-corrected chi connectivity index (χ0v) is 11.1. The van der Waals surface area contributed by atoms with Gasteiger partial charge in [0.05, 0.1) is 0 Å². The Hall–Kier alpha value is -1.52. The highest BCUT2D eigenvalue weighted by atomic mass is 16.6. The number of carbonyl (C=O) groups is 1. The molecule has 0 bridgehead atoms. The normalized spacial score (nSPS) is 27.6. The molecule has 1 heterocycles. The predicted molar refractivity (Wildman–Crippen MR) is 70.8 cm³/mol. The van der Waals surface area contributed by atoms with Crippen LogP contribution in [0.3, 0.4) is 0 Å². The fourth-order valence-corrected chi connectivity index (χ4v) is 3.25. The van der Waals surface area contributed by atoms with Crippen molar-refractivity contribution in [3.63, 3.8) is 0 Å². The van der Waals surface area contributed by atoms with Crippen LogP contribution in [-0.4, -0.2) is 28.4 Å². The number of aromatic amines is 1. The highest BCUT2D eigenvalue weighted by Crippen LogP contribution is 2.34. The lowest BCUT2D eigenvalue weighted by Crippen LogP contribution is -2.35. The van der Waals surface area contributed by atoms with Crippen LogP contribution in [0.15, 0.2) is 12.3 Å². The molecule has 0 aromatic carbocycles. The summed E-state index contributed by atoms with van der Waals surface area (Å²) in [7, 11) is 0. The lowest BCUT2D eigenvalue weighted by atomic mass is 10.0. The molecule has 2 unspecified atom stereocenters. The number of nitrogens with one attached hydrogen (secondary N) is 2. The van der Waals surface area contributed by atoms with Gasteiger partial charge in [-0.15, -0.1) is 0 Å². The van der Waals surface area contributed by atoms with E-state index in [4.69, 9.17) is 4.74 Å².